The summed E-state index contributed by atoms with van der Waals surface area (Å²) in [7, 11) is 0. The van der Waals surface area contributed by atoms with E-state index in [1.165, 1.54) is 0 Å². The number of aromatic nitrogens is 1. The van der Waals surface area contributed by atoms with Crippen molar-refractivity contribution in [3.8, 4) is 0 Å². The molecule has 3 nitrogen and oxygen atoms in total. The minimum absolute atomic E-state index is 0.374. The van der Waals surface area contributed by atoms with E-state index in [2.05, 4.69) is 4.98 Å². The Kier molecular flexibility index (Phi) is 3.78. The topological polar surface area (TPSA) is 59.1 Å². The van der Waals surface area contributed by atoms with Crippen LogP contribution in [0.4, 0.5) is 5.82 Å². The van der Waals surface area contributed by atoms with Crippen molar-refractivity contribution in [3.63, 3.8) is 0 Å². The predicted molar refractivity (Wildman–Crippen MR) is 78.1 cm³/mol. The maximum absolute atomic E-state index is 10.7. The number of nitrogens with zero attached hydrogens (tertiary/aromatic N) is 1. The summed E-state index contributed by atoms with van der Waals surface area (Å²) < 4.78 is 0. The van der Waals surface area contributed by atoms with E-state index in [9.17, 15) is 5.11 Å². The number of aliphatic hydroxyl groups is 1. The molecule has 0 saturated carbocycles. The highest BCUT2D eigenvalue weighted by Crippen LogP contribution is 2.31. The van der Waals surface area contributed by atoms with Gasteiger partial charge in [0.2, 0.25) is 0 Å². The number of hydrogen-bond acceptors (Lipinski definition) is 3. The second kappa shape index (κ2) is 5.19. The van der Waals surface area contributed by atoms with Crippen LogP contribution in [0.25, 0.3) is 0 Å². The normalized spacial score (nSPS) is 14.1. The van der Waals surface area contributed by atoms with E-state index in [0.29, 0.717) is 22.8 Å². The third-order valence-electron chi connectivity index (χ3n) is 3.19. The van der Waals surface area contributed by atoms with E-state index in [1.54, 1.807) is 13.1 Å². The third kappa shape index (κ3) is 3.06. The number of nitrogens with two attached hydrogens (primary N) is 1. The number of rotatable bonds is 3. The molecule has 0 spiro atoms. The van der Waals surface area contributed by atoms with E-state index in [1.807, 2.05) is 37.3 Å². The minimum Gasteiger partial charge on any atom is -0.385 e. The van der Waals surface area contributed by atoms with Crippen molar-refractivity contribution in [2.45, 2.75) is 25.9 Å². The molecule has 19 heavy (non-hydrogen) atoms. The van der Waals surface area contributed by atoms with Gasteiger partial charge in [0, 0.05) is 23.2 Å². The molecule has 0 aliphatic carbocycles. The molecule has 3 N–H and O–H groups in total. The zero-order chi connectivity index (χ0) is 14.0. The lowest BCUT2D eigenvalue weighted by Gasteiger charge is -2.26. The molecule has 1 aromatic carbocycles. The lowest BCUT2D eigenvalue weighted by molar-refractivity contribution is 0.0575. The van der Waals surface area contributed by atoms with E-state index in [4.69, 9.17) is 17.3 Å². The average molecular weight is 277 g/mol. The van der Waals surface area contributed by atoms with Crippen molar-refractivity contribution in [1.29, 1.82) is 0 Å². The molecule has 0 radical (unpaired) electrons. The Morgan fingerprint density at radius 2 is 1.89 bits per heavy atom. The summed E-state index contributed by atoms with van der Waals surface area (Å²) in [6.07, 6.45) is 2.10. The number of hydrogen-bond donors (Lipinski definition) is 2. The molecule has 0 fully saturated rings. The van der Waals surface area contributed by atoms with Crippen LogP contribution in [-0.2, 0) is 12.0 Å². The molecule has 0 bridgehead atoms. The molecule has 100 valence electrons. The number of aryl methyl sites for hydroxylation is 1. The van der Waals surface area contributed by atoms with Crippen molar-refractivity contribution in [3.05, 3.63) is 58.2 Å². The fourth-order valence-corrected chi connectivity index (χ4v) is 2.49. The van der Waals surface area contributed by atoms with Crippen molar-refractivity contribution < 1.29 is 5.11 Å². The molecule has 2 rings (SSSR count). The lowest BCUT2D eigenvalue weighted by atomic mass is 9.87. The van der Waals surface area contributed by atoms with Gasteiger partial charge in [-0.1, -0.05) is 23.7 Å². The first-order valence-corrected chi connectivity index (χ1v) is 6.46. The Balaban J connectivity index is 2.34. The quantitative estimate of drug-likeness (QED) is 0.906. The molecular formula is C15H17ClN2O. The second-order valence-corrected chi connectivity index (χ2v) is 5.40. The SMILES string of the molecule is Cc1ccnc(N)c1C(C)(O)Cc1ccc(Cl)cc1. The van der Waals surface area contributed by atoms with Crippen LogP contribution in [-0.4, -0.2) is 10.1 Å². The average Bonchev–Trinajstić information content (AvgIpc) is 2.31. The molecule has 0 aliphatic rings. The molecule has 1 unspecified atom stereocenters. The molecule has 2 aromatic rings. The highest BCUT2D eigenvalue weighted by atomic mass is 35.5. The van der Waals surface area contributed by atoms with Crippen molar-refractivity contribution in [1.82, 2.24) is 4.98 Å². The molecule has 0 saturated heterocycles. The number of pyridine rings is 1. The second-order valence-electron chi connectivity index (χ2n) is 4.97. The van der Waals surface area contributed by atoms with Gasteiger partial charge in [0.1, 0.15) is 5.82 Å². The first-order chi connectivity index (χ1) is 8.90. The first-order valence-electron chi connectivity index (χ1n) is 6.08. The maximum atomic E-state index is 10.7. The molecule has 1 atom stereocenters. The highest BCUT2D eigenvalue weighted by molar-refractivity contribution is 6.30. The Hall–Kier alpha value is -1.58. The summed E-state index contributed by atoms with van der Waals surface area (Å²) in [4.78, 5) is 4.06. The predicted octanol–water partition coefficient (Wildman–Crippen LogP) is 3.08. The molecule has 4 heteroatoms. The van der Waals surface area contributed by atoms with E-state index >= 15 is 0 Å². The van der Waals surface area contributed by atoms with Gasteiger partial charge >= 0.3 is 0 Å². The fourth-order valence-electron chi connectivity index (χ4n) is 2.37. The molecule has 1 aromatic heterocycles. The lowest BCUT2D eigenvalue weighted by Crippen LogP contribution is -2.27. The highest BCUT2D eigenvalue weighted by Gasteiger charge is 2.28. The van der Waals surface area contributed by atoms with Crippen LogP contribution in [0.3, 0.4) is 0 Å². The van der Waals surface area contributed by atoms with Gasteiger partial charge in [-0.15, -0.1) is 0 Å². The van der Waals surface area contributed by atoms with Crippen LogP contribution >= 0.6 is 11.6 Å². The van der Waals surface area contributed by atoms with Gasteiger partial charge < -0.3 is 10.8 Å². The van der Waals surface area contributed by atoms with Gasteiger partial charge in [0.25, 0.3) is 0 Å². The molecule has 1 heterocycles. The van der Waals surface area contributed by atoms with Gasteiger partial charge in [-0.2, -0.15) is 0 Å². The minimum atomic E-state index is -1.06. The maximum Gasteiger partial charge on any atom is 0.129 e. The molecule has 0 aliphatic heterocycles. The number of nitrogen functional groups attached to an aromatic ring is 1. The van der Waals surface area contributed by atoms with Crippen LogP contribution in [0.1, 0.15) is 23.6 Å². The van der Waals surface area contributed by atoms with Crippen LogP contribution in [0, 0.1) is 6.92 Å². The fraction of sp³-hybridized carbons (Fsp3) is 0.267. The zero-order valence-electron chi connectivity index (χ0n) is 11.0. The standard InChI is InChI=1S/C15H17ClN2O/c1-10-7-8-18-14(17)13(10)15(2,19)9-11-3-5-12(16)6-4-11/h3-8,19H,9H2,1-2H3,(H2,17,18). The van der Waals surface area contributed by atoms with Gasteiger partial charge in [-0.05, 0) is 43.2 Å². The first kappa shape index (κ1) is 13.8. The summed E-state index contributed by atoms with van der Waals surface area (Å²) in [6.45, 7) is 3.67. The zero-order valence-corrected chi connectivity index (χ0v) is 11.8. The summed E-state index contributed by atoms with van der Waals surface area (Å²) in [6, 6.07) is 9.28. The van der Waals surface area contributed by atoms with Gasteiger partial charge in [-0.3, -0.25) is 0 Å². The van der Waals surface area contributed by atoms with Crippen LogP contribution in [0.2, 0.25) is 5.02 Å². The van der Waals surface area contributed by atoms with Crippen LogP contribution < -0.4 is 5.73 Å². The van der Waals surface area contributed by atoms with Crippen molar-refractivity contribution >= 4 is 17.4 Å². The molecule has 0 amide bonds. The van der Waals surface area contributed by atoms with E-state index < -0.39 is 5.60 Å². The summed E-state index contributed by atoms with van der Waals surface area (Å²) in [5.74, 6) is 0.374. The van der Waals surface area contributed by atoms with E-state index in [0.717, 1.165) is 11.1 Å². The Morgan fingerprint density at radius 3 is 2.47 bits per heavy atom. The van der Waals surface area contributed by atoms with Gasteiger partial charge in [-0.25, -0.2) is 4.98 Å². The Morgan fingerprint density at radius 1 is 1.26 bits per heavy atom. The van der Waals surface area contributed by atoms with E-state index in [-0.39, 0.29) is 0 Å². The summed E-state index contributed by atoms with van der Waals surface area (Å²) >= 11 is 5.86. The summed E-state index contributed by atoms with van der Waals surface area (Å²) in [5, 5.41) is 11.4. The van der Waals surface area contributed by atoms with Gasteiger partial charge in [0.05, 0.1) is 5.60 Å². The smallest absolute Gasteiger partial charge is 0.129 e. The number of halogens is 1. The monoisotopic (exact) mass is 276 g/mol. The van der Waals surface area contributed by atoms with Crippen LogP contribution in [0.5, 0.6) is 0 Å². The number of anilines is 1. The Labute approximate surface area is 118 Å². The van der Waals surface area contributed by atoms with Gasteiger partial charge in [0.15, 0.2) is 0 Å². The molecular weight excluding hydrogens is 260 g/mol. The Bertz CT molecular complexity index is 559. The third-order valence-corrected chi connectivity index (χ3v) is 3.44. The van der Waals surface area contributed by atoms with Crippen molar-refractivity contribution in [2.24, 2.45) is 0 Å². The number of benzene rings is 1. The largest absolute Gasteiger partial charge is 0.385 e. The van der Waals surface area contributed by atoms with Crippen molar-refractivity contribution in [2.75, 3.05) is 5.73 Å². The van der Waals surface area contributed by atoms with Crippen LogP contribution in [0.15, 0.2) is 36.5 Å². The summed E-state index contributed by atoms with van der Waals surface area (Å²) in [5.41, 5.74) is 7.45.